The van der Waals surface area contributed by atoms with Crippen molar-refractivity contribution in [2.24, 2.45) is 0 Å². The summed E-state index contributed by atoms with van der Waals surface area (Å²) in [5.74, 6) is 0. The third kappa shape index (κ3) is 3.94. The lowest BCUT2D eigenvalue weighted by Crippen LogP contribution is -2.23. The first-order valence-corrected chi connectivity index (χ1v) is 7.94. The van der Waals surface area contributed by atoms with Gasteiger partial charge >= 0.3 is 0 Å². The summed E-state index contributed by atoms with van der Waals surface area (Å²) in [5.41, 5.74) is 5.44. The third-order valence-corrected chi connectivity index (χ3v) is 4.07. The van der Waals surface area contributed by atoms with E-state index >= 15 is 0 Å². The normalized spacial score (nSPS) is 12.4. The summed E-state index contributed by atoms with van der Waals surface area (Å²) in [6.07, 6.45) is 1.01. The number of nitrogens with one attached hydrogen (secondary N) is 1. The molecule has 1 atom stereocenters. The second kappa shape index (κ2) is 7.05. The summed E-state index contributed by atoms with van der Waals surface area (Å²) in [7, 11) is 0. The molecular weight excluding hydrogens is 310 g/mol. The molecule has 0 fully saturated rings. The maximum atomic E-state index is 3.61. The van der Waals surface area contributed by atoms with Crippen molar-refractivity contribution < 1.29 is 0 Å². The van der Waals surface area contributed by atoms with E-state index in [0.717, 1.165) is 17.4 Å². The Morgan fingerprint density at radius 1 is 1.10 bits per heavy atom. The molecular formula is C18H22BrN. The van der Waals surface area contributed by atoms with Crippen LogP contribution in [0.5, 0.6) is 0 Å². The van der Waals surface area contributed by atoms with Crippen LogP contribution in [0.1, 0.15) is 35.2 Å². The predicted octanol–water partition coefficient (Wildman–Crippen LogP) is 4.96. The number of benzene rings is 2. The van der Waals surface area contributed by atoms with Crippen molar-refractivity contribution in [3.8, 4) is 0 Å². The SMILES string of the molecule is CCNC(Cc1cccc(Br)c1)c1ccc(C)cc1C. The summed E-state index contributed by atoms with van der Waals surface area (Å²) < 4.78 is 1.14. The van der Waals surface area contributed by atoms with Gasteiger partial charge in [-0.2, -0.15) is 0 Å². The highest BCUT2D eigenvalue weighted by molar-refractivity contribution is 9.10. The Labute approximate surface area is 130 Å². The van der Waals surface area contributed by atoms with Crippen LogP contribution >= 0.6 is 15.9 Å². The van der Waals surface area contributed by atoms with Crippen molar-refractivity contribution in [2.75, 3.05) is 6.54 Å². The number of hydrogen-bond donors (Lipinski definition) is 1. The number of hydrogen-bond acceptors (Lipinski definition) is 1. The van der Waals surface area contributed by atoms with Crippen LogP contribution < -0.4 is 5.32 Å². The van der Waals surface area contributed by atoms with E-state index in [9.17, 15) is 0 Å². The van der Waals surface area contributed by atoms with Crippen LogP contribution in [-0.4, -0.2) is 6.54 Å². The molecule has 0 bridgehead atoms. The molecule has 2 rings (SSSR count). The van der Waals surface area contributed by atoms with Crippen LogP contribution in [-0.2, 0) is 6.42 Å². The summed E-state index contributed by atoms with van der Waals surface area (Å²) >= 11 is 3.55. The minimum Gasteiger partial charge on any atom is -0.310 e. The molecule has 0 aliphatic heterocycles. The first-order valence-electron chi connectivity index (χ1n) is 7.15. The van der Waals surface area contributed by atoms with Gasteiger partial charge in [0, 0.05) is 10.5 Å². The molecule has 1 nitrogen and oxygen atoms in total. The maximum absolute atomic E-state index is 3.61. The van der Waals surface area contributed by atoms with E-state index in [1.165, 1.54) is 22.3 Å². The monoisotopic (exact) mass is 331 g/mol. The lowest BCUT2D eigenvalue weighted by Gasteiger charge is -2.21. The quantitative estimate of drug-likeness (QED) is 0.816. The lowest BCUT2D eigenvalue weighted by molar-refractivity contribution is 0.547. The van der Waals surface area contributed by atoms with Crippen LogP contribution in [0.2, 0.25) is 0 Å². The number of likely N-dealkylation sites (N-methyl/N-ethyl adjacent to an activating group) is 1. The van der Waals surface area contributed by atoms with Crippen LogP contribution in [0.3, 0.4) is 0 Å². The topological polar surface area (TPSA) is 12.0 Å². The average Bonchev–Trinajstić information content (AvgIpc) is 2.38. The summed E-state index contributed by atoms with van der Waals surface area (Å²) in [5, 5.41) is 3.61. The zero-order valence-corrected chi connectivity index (χ0v) is 14.0. The van der Waals surface area contributed by atoms with Gasteiger partial charge in [-0.3, -0.25) is 0 Å². The largest absolute Gasteiger partial charge is 0.310 e. The molecule has 0 aliphatic rings. The van der Waals surface area contributed by atoms with Gasteiger partial charge in [0.25, 0.3) is 0 Å². The molecule has 0 radical (unpaired) electrons. The van der Waals surface area contributed by atoms with E-state index in [-0.39, 0.29) is 0 Å². The van der Waals surface area contributed by atoms with E-state index in [4.69, 9.17) is 0 Å². The van der Waals surface area contributed by atoms with Crippen molar-refractivity contribution in [3.63, 3.8) is 0 Å². The molecule has 2 aromatic carbocycles. The Hall–Kier alpha value is -1.12. The number of aryl methyl sites for hydroxylation is 2. The van der Waals surface area contributed by atoms with Crippen molar-refractivity contribution >= 4 is 15.9 Å². The van der Waals surface area contributed by atoms with Gasteiger partial charge in [0.2, 0.25) is 0 Å². The highest BCUT2D eigenvalue weighted by Gasteiger charge is 2.13. The second-order valence-electron chi connectivity index (χ2n) is 5.30. The fraction of sp³-hybridized carbons (Fsp3) is 0.333. The second-order valence-corrected chi connectivity index (χ2v) is 6.22. The highest BCUT2D eigenvalue weighted by atomic mass is 79.9. The van der Waals surface area contributed by atoms with Gasteiger partial charge in [0.15, 0.2) is 0 Å². The van der Waals surface area contributed by atoms with Crippen LogP contribution in [0.15, 0.2) is 46.9 Å². The van der Waals surface area contributed by atoms with Crippen LogP contribution in [0.25, 0.3) is 0 Å². The van der Waals surface area contributed by atoms with E-state index in [1.54, 1.807) is 0 Å². The molecule has 0 aliphatic carbocycles. The van der Waals surface area contributed by atoms with Crippen molar-refractivity contribution in [2.45, 2.75) is 33.2 Å². The Morgan fingerprint density at radius 2 is 1.90 bits per heavy atom. The Balaban J connectivity index is 2.26. The molecule has 0 saturated heterocycles. The number of halogens is 1. The summed E-state index contributed by atoms with van der Waals surface area (Å²) in [6.45, 7) is 7.49. The van der Waals surface area contributed by atoms with Gasteiger partial charge in [0.1, 0.15) is 0 Å². The van der Waals surface area contributed by atoms with Gasteiger partial charge in [-0.15, -0.1) is 0 Å². The van der Waals surface area contributed by atoms with E-state index in [1.807, 2.05) is 0 Å². The van der Waals surface area contributed by atoms with Crippen molar-refractivity contribution in [1.82, 2.24) is 5.32 Å². The van der Waals surface area contributed by atoms with E-state index in [0.29, 0.717) is 6.04 Å². The molecule has 2 aromatic rings. The lowest BCUT2D eigenvalue weighted by atomic mass is 9.94. The van der Waals surface area contributed by atoms with Gasteiger partial charge in [0.05, 0.1) is 0 Å². The molecule has 0 heterocycles. The molecule has 106 valence electrons. The minimum atomic E-state index is 0.370. The average molecular weight is 332 g/mol. The molecule has 0 saturated carbocycles. The third-order valence-electron chi connectivity index (χ3n) is 3.58. The molecule has 0 spiro atoms. The fourth-order valence-electron chi connectivity index (χ4n) is 2.65. The van der Waals surface area contributed by atoms with E-state index < -0.39 is 0 Å². The minimum absolute atomic E-state index is 0.370. The van der Waals surface area contributed by atoms with Crippen molar-refractivity contribution in [1.29, 1.82) is 0 Å². The van der Waals surface area contributed by atoms with Crippen LogP contribution in [0, 0.1) is 13.8 Å². The molecule has 20 heavy (non-hydrogen) atoms. The maximum Gasteiger partial charge on any atom is 0.0363 e. The predicted molar refractivity (Wildman–Crippen MR) is 90.2 cm³/mol. The van der Waals surface area contributed by atoms with Gasteiger partial charge in [-0.25, -0.2) is 0 Å². The Kier molecular flexibility index (Phi) is 5.38. The molecule has 1 unspecified atom stereocenters. The van der Waals surface area contributed by atoms with Gasteiger partial charge in [-0.05, 0) is 55.6 Å². The van der Waals surface area contributed by atoms with Gasteiger partial charge < -0.3 is 5.32 Å². The molecule has 1 N–H and O–H groups in total. The highest BCUT2D eigenvalue weighted by Crippen LogP contribution is 2.24. The Bertz CT molecular complexity index is 577. The Morgan fingerprint density at radius 3 is 2.55 bits per heavy atom. The van der Waals surface area contributed by atoms with Crippen molar-refractivity contribution in [3.05, 3.63) is 69.2 Å². The molecule has 0 aromatic heterocycles. The molecule has 2 heteroatoms. The summed E-state index contributed by atoms with van der Waals surface area (Å²) in [6, 6.07) is 15.7. The number of rotatable bonds is 5. The standard InChI is InChI=1S/C18H22BrN/c1-4-20-18(12-15-6-5-7-16(19)11-15)17-9-8-13(2)10-14(17)3/h5-11,18,20H,4,12H2,1-3H3. The van der Waals surface area contributed by atoms with Gasteiger partial charge in [-0.1, -0.05) is 58.7 Å². The fourth-order valence-corrected chi connectivity index (χ4v) is 3.10. The zero-order valence-electron chi connectivity index (χ0n) is 12.4. The first-order chi connectivity index (χ1) is 9.60. The molecule has 0 amide bonds. The first kappa shape index (κ1) is 15.3. The van der Waals surface area contributed by atoms with Crippen LogP contribution in [0.4, 0.5) is 0 Å². The smallest absolute Gasteiger partial charge is 0.0363 e. The zero-order chi connectivity index (χ0) is 14.5. The van der Waals surface area contributed by atoms with E-state index in [2.05, 4.69) is 84.5 Å². The summed E-state index contributed by atoms with van der Waals surface area (Å²) in [4.78, 5) is 0.